The van der Waals surface area contributed by atoms with Gasteiger partial charge in [-0.15, -0.1) is 11.3 Å². The molecule has 0 radical (unpaired) electrons. The number of benzene rings is 1. The highest BCUT2D eigenvalue weighted by Gasteiger charge is 2.19. The maximum Gasteiger partial charge on any atom is 0.0990 e. The van der Waals surface area contributed by atoms with Crippen LogP contribution < -0.4 is 0 Å². The van der Waals surface area contributed by atoms with Crippen LogP contribution in [0.5, 0.6) is 0 Å². The van der Waals surface area contributed by atoms with Crippen LogP contribution in [0, 0.1) is 0 Å². The van der Waals surface area contributed by atoms with E-state index in [0.717, 1.165) is 11.1 Å². The molecule has 0 fully saturated rings. The van der Waals surface area contributed by atoms with Crippen molar-refractivity contribution in [3.05, 3.63) is 54.1 Å². The molecule has 0 N–H and O–H groups in total. The van der Waals surface area contributed by atoms with E-state index in [2.05, 4.69) is 15.9 Å². The third-order valence-corrected chi connectivity index (χ3v) is 5.27. The smallest absolute Gasteiger partial charge is 0.0990 e. The molecule has 0 saturated heterocycles. The average molecular weight is 391 g/mol. The van der Waals surface area contributed by atoms with Gasteiger partial charge in [0.15, 0.2) is 0 Å². The highest BCUT2D eigenvalue weighted by molar-refractivity contribution is 9.09. The second-order valence-electron chi connectivity index (χ2n) is 3.31. The number of halogens is 5. The van der Waals surface area contributed by atoms with E-state index in [4.69, 9.17) is 46.4 Å². The van der Waals surface area contributed by atoms with Crippen LogP contribution in [-0.4, -0.2) is 0 Å². The summed E-state index contributed by atoms with van der Waals surface area (Å²) in [6.45, 7) is 0. The van der Waals surface area contributed by atoms with Gasteiger partial charge in [-0.1, -0.05) is 62.3 Å². The second kappa shape index (κ2) is 5.68. The summed E-state index contributed by atoms with van der Waals surface area (Å²) < 4.78 is 1.29. The Morgan fingerprint density at radius 3 is 2.29 bits per heavy atom. The molecule has 1 heterocycles. The largest absolute Gasteiger partial charge is 0.111 e. The Morgan fingerprint density at radius 1 is 1.00 bits per heavy atom. The van der Waals surface area contributed by atoms with E-state index in [9.17, 15) is 0 Å². The fourth-order valence-corrected chi connectivity index (χ4v) is 4.50. The van der Waals surface area contributed by atoms with Gasteiger partial charge in [-0.3, -0.25) is 0 Å². The molecule has 0 spiro atoms. The van der Waals surface area contributed by atoms with Crippen molar-refractivity contribution in [1.82, 2.24) is 0 Å². The number of thiophene rings is 1. The van der Waals surface area contributed by atoms with Crippen LogP contribution in [0.1, 0.15) is 16.0 Å². The van der Waals surface area contributed by atoms with Gasteiger partial charge in [0.2, 0.25) is 0 Å². The molecule has 0 aliphatic rings. The minimum Gasteiger partial charge on any atom is -0.111 e. The van der Waals surface area contributed by atoms with Gasteiger partial charge in [-0.25, -0.2) is 0 Å². The minimum atomic E-state index is -0.120. The van der Waals surface area contributed by atoms with Crippen LogP contribution in [0.3, 0.4) is 0 Å². The first kappa shape index (κ1) is 14.0. The van der Waals surface area contributed by atoms with Gasteiger partial charge < -0.3 is 0 Å². The van der Waals surface area contributed by atoms with E-state index in [1.165, 1.54) is 11.3 Å². The van der Waals surface area contributed by atoms with E-state index < -0.39 is 0 Å². The summed E-state index contributed by atoms with van der Waals surface area (Å²) in [5.41, 5.74) is 1.77. The molecule has 90 valence electrons. The van der Waals surface area contributed by atoms with E-state index in [1.807, 2.05) is 12.1 Å². The Kier molecular flexibility index (Phi) is 4.67. The highest BCUT2D eigenvalue weighted by atomic mass is 79.9. The Bertz CT molecular complexity index is 552. The van der Waals surface area contributed by atoms with E-state index in [0.29, 0.717) is 18.7 Å². The van der Waals surface area contributed by atoms with Crippen molar-refractivity contribution in [2.75, 3.05) is 0 Å². The fraction of sp³-hybridized carbons (Fsp3) is 0.0909. The van der Waals surface area contributed by atoms with Crippen molar-refractivity contribution in [1.29, 1.82) is 0 Å². The van der Waals surface area contributed by atoms with E-state index >= 15 is 0 Å². The Morgan fingerprint density at radius 2 is 1.71 bits per heavy atom. The topological polar surface area (TPSA) is 0 Å². The first-order valence-electron chi connectivity index (χ1n) is 4.53. The molecule has 1 aromatic carbocycles. The van der Waals surface area contributed by atoms with Crippen LogP contribution in [0.2, 0.25) is 18.7 Å². The van der Waals surface area contributed by atoms with Gasteiger partial charge in [0.1, 0.15) is 0 Å². The molecule has 2 rings (SSSR count). The summed E-state index contributed by atoms with van der Waals surface area (Å²) in [4.78, 5) is -0.120. The Hall–Kier alpha value is 0.560. The SMILES string of the molecule is Clc1ccc(Cl)c(C(Br)c2cc(Cl)sc2Cl)c1. The van der Waals surface area contributed by atoms with Crippen LogP contribution in [0.25, 0.3) is 0 Å². The lowest BCUT2D eigenvalue weighted by molar-refractivity contribution is 1.19. The van der Waals surface area contributed by atoms with E-state index in [1.54, 1.807) is 12.1 Å². The van der Waals surface area contributed by atoms with Crippen molar-refractivity contribution in [3.8, 4) is 0 Å². The van der Waals surface area contributed by atoms with Crippen LogP contribution >= 0.6 is 73.7 Å². The predicted octanol–water partition coefficient (Wildman–Crippen LogP) is 6.85. The summed E-state index contributed by atoms with van der Waals surface area (Å²) in [6.07, 6.45) is 0. The number of hydrogen-bond donors (Lipinski definition) is 0. The molecular formula is C11H5BrCl4S. The molecule has 1 aromatic heterocycles. The fourth-order valence-electron chi connectivity index (χ4n) is 1.40. The molecule has 0 nitrogen and oxygen atoms in total. The third kappa shape index (κ3) is 3.12. The van der Waals surface area contributed by atoms with Crippen molar-refractivity contribution < 1.29 is 0 Å². The summed E-state index contributed by atoms with van der Waals surface area (Å²) in [6, 6.07) is 7.14. The first-order chi connectivity index (χ1) is 7.99. The lowest BCUT2D eigenvalue weighted by Crippen LogP contribution is -1.92. The highest BCUT2D eigenvalue weighted by Crippen LogP contribution is 2.43. The van der Waals surface area contributed by atoms with Crippen molar-refractivity contribution in [3.63, 3.8) is 0 Å². The lowest BCUT2D eigenvalue weighted by atomic mass is 10.1. The maximum absolute atomic E-state index is 6.14. The molecule has 0 aliphatic heterocycles. The van der Waals surface area contributed by atoms with Gasteiger partial charge >= 0.3 is 0 Å². The molecule has 6 heteroatoms. The molecule has 1 unspecified atom stereocenters. The maximum atomic E-state index is 6.14. The summed E-state index contributed by atoms with van der Waals surface area (Å²) >= 11 is 29.0. The molecule has 0 saturated carbocycles. The monoisotopic (exact) mass is 388 g/mol. The minimum absolute atomic E-state index is 0.120. The first-order valence-corrected chi connectivity index (χ1v) is 7.77. The van der Waals surface area contributed by atoms with Crippen molar-refractivity contribution in [2.45, 2.75) is 4.83 Å². The molecule has 17 heavy (non-hydrogen) atoms. The van der Waals surface area contributed by atoms with Gasteiger partial charge in [0.25, 0.3) is 0 Å². The Balaban J connectivity index is 2.46. The zero-order chi connectivity index (χ0) is 12.6. The quantitative estimate of drug-likeness (QED) is 0.492. The number of rotatable bonds is 2. The normalized spacial score (nSPS) is 12.8. The van der Waals surface area contributed by atoms with Gasteiger partial charge in [-0.05, 0) is 29.8 Å². The molecule has 2 aromatic rings. The van der Waals surface area contributed by atoms with Crippen molar-refractivity contribution >= 4 is 73.7 Å². The van der Waals surface area contributed by atoms with Crippen molar-refractivity contribution in [2.24, 2.45) is 0 Å². The molecule has 0 amide bonds. The molecule has 0 bridgehead atoms. The van der Waals surface area contributed by atoms with Gasteiger partial charge in [0.05, 0.1) is 13.5 Å². The predicted molar refractivity (Wildman–Crippen MR) is 81.6 cm³/mol. The number of alkyl halides is 1. The second-order valence-corrected chi connectivity index (χ2v) is 7.35. The average Bonchev–Trinajstić information content (AvgIpc) is 2.60. The third-order valence-electron chi connectivity index (χ3n) is 2.19. The van der Waals surface area contributed by atoms with Gasteiger partial charge in [0, 0.05) is 15.6 Å². The molecule has 0 aliphatic carbocycles. The lowest BCUT2D eigenvalue weighted by Gasteiger charge is -2.11. The zero-order valence-corrected chi connectivity index (χ0v) is 13.6. The molecule has 1 atom stereocenters. The number of hydrogen-bond acceptors (Lipinski definition) is 1. The van der Waals surface area contributed by atoms with Crippen LogP contribution in [-0.2, 0) is 0 Å². The summed E-state index contributed by atoms with van der Waals surface area (Å²) in [5, 5.41) is 1.26. The van der Waals surface area contributed by atoms with E-state index in [-0.39, 0.29) is 4.83 Å². The zero-order valence-electron chi connectivity index (χ0n) is 8.18. The van der Waals surface area contributed by atoms with Crippen LogP contribution in [0.15, 0.2) is 24.3 Å². The van der Waals surface area contributed by atoms with Gasteiger partial charge in [-0.2, -0.15) is 0 Å². The Labute approximate surface area is 132 Å². The summed E-state index contributed by atoms with van der Waals surface area (Å²) in [5.74, 6) is 0. The standard InChI is InChI=1S/C11H5BrCl4S/c12-10(7-4-9(15)17-11(7)16)6-3-5(13)1-2-8(6)14/h1-4,10H. The summed E-state index contributed by atoms with van der Waals surface area (Å²) in [7, 11) is 0. The van der Waals surface area contributed by atoms with Crippen LogP contribution in [0.4, 0.5) is 0 Å². The molecular weight excluding hydrogens is 386 g/mol.